The van der Waals surface area contributed by atoms with E-state index in [1.54, 1.807) is 0 Å². The van der Waals surface area contributed by atoms with Crippen LogP contribution in [0.5, 0.6) is 0 Å². The van der Waals surface area contributed by atoms with Crippen LogP contribution in [-0.2, 0) is 13.0 Å². The molecule has 1 saturated carbocycles. The van der Waals surface area contributed by atoms with Crippen LogP contribution in [0.3, 0.4) is 0 Å². The highest BCUT2D eigenvalue weighted by atomic mass is 16.5. The molecule has 1 saturated heterocycles. The van der Waals surface area contributed by atoms with Crippen LogP contribution in [0.1, 0.15) is 41.7 Å². The summed E-state index contributed by atoms with van der Waals surface area (Å²) in [6.07, 6.45) is 4.89. The van der Waals surface area contributed by atoms with Crippen LogP contribution in [0.15, 0.2) is 41.1 Å². The molecule has 1 aromatic carbocycles. The molecule has 0 radical (unpaired) electrons. The molecule has 4 aromatic rings. The van der Waals surface area contributed by atoms with Crippen LogP contribution < -0.4 is 5.32 Å². The van der Waals surface area contributed by atoms with Crippen LogP contribution in [0, 0.1) is 0 Å². The van der Waals surface area contributed by atoms with Crippen molar-refractivity contribution in [3.8, 4) is 11.5 Å². The number of nitrogens with one attached hydrogen (secondary N) is 2. The van der Waals surface area contributed by atoms with E-state index in [-0.39, 0.29) is 0 Å². The summed E-state index contributed by atoms with van der Waals surface area (Å²) < 4.78 is 5.47. The number of imidazole rings is 1. The van der Waals surface area contributed by atoms with Gasteiger partial charge in [0.15, 0.2) is 5.82 Å². The zero-order valence-corrected chi connectivity index (χ0v) is 17.3. The molecule has 0 unspecified atom stereocenters. The fraction of sp³-hybridized carbons (Fsp3) is 0.391. The predicted molar refractivity (Wildman–Crippen MR) is 117 cm³/mol. The Kier molecular flexibility index (Phi) is 4.73. The number of fused-ring (bicyclic) bond motifs is 1. The summed E-state index contributed by atoms with van der Waals surface area (Å²) in [6, 6.07) is 10.3. The minimum absolute atomic E-state index is 0.481. The number of pyridine rings is 1. The SMILES string of the molecule is c1cc(CN2CCNCC2)cc(Cc2nc3ccc(-c4nc(C5CC5)no4)cc3[nH]2)n1. The molecule has 1 aliphatic heterocycles. The van der Waals surface area contributed by atoms with Gasteiger partial charge in [0, 0.05) is 62.5 Å². The van der Waals surface area contributed by atoms with Crippen molar-refractivity contribution in [2.45, 2.75) is 31.7 Å². The van der Waals surface area contributed by atoms with Gasteiger partial charge in [0.1, 0.15) is 5.82 Å². The van der Waals surface area contributed by atoms with Crippen molar-refractivity contribution >= 4 is 11.0 Å². The Bertz CT molecular complexity index is 1200. The largest absolute Gasteiger partial charge is 0.342 e. The molecule has 2 N–H and O–H groups in total. The van der Waals surface area contributed by atoms with E-state index in [0.29, 0.717) is 18.2 Å². The molecular formula is C23H25N7O. The van der Waals surface area contributed by atoms with Gasteiger partial charge in [-0.2, -0.15) is 4.98 Å². The molecule has 0 amide bonds. The molecule has 4 heterocycles. The third-order valence-corrected chi connectivity index (χ3v) is 6.01. The number of nitrogens with zero attached hydrogens (tertiary/aromatic N) is 5. The Labute approximate surface area is 180 Å². The molecule has 0 atom stereocenters. The Morgan fingerprint density at radius 2 is 1.97 bits per heavy atom. The van der Waals surface area contributed by atoms with Crippen molar-refractivity contribution in [2.24, 2.45) is 0 Å². The van der Waals surface area contributed by atoms with Crippen molar-refractivity contribution in [3.63, 3.8) is 0 Å². The Morgan fingerprint density at radius 3 is 2.84 bits per heavy atom. The minimum atomic E-state index is 0.481. The van der Waals surface area contributed by atoms with Gasteiger partial charge in [-0.25, -0.2) is 4.98 Å². The van der Waals surface area contributed by atoms with Gasteiger partial charge in [-0.1, -0.05) is 5.16 Å². The molecular weight excluding hydrogens is 390 g/mol. The Morgan fingerprint density at radius 1 is 1.06 bits per heavy atom. The molecule has 0 spiro atoms. The first kappa shape index (κ1) is 18.7. The molecule has 0 bridgehead atoms. The summed E-state index contributed by atoms with van der Waals surface area (Å²) in [6.45, 7) is 5.26. The normalized spacial score (nSPS) is 17.4. The quantitative estimate of drug-likeness (QED) is 0.500. The fourth-order valence-electron chi connectivity index (χ4n) is 4.16. The van der Waals surface area contributed by atoms with Crippen molar-refractivity contribution < 1.29 is 4.52 Å². The first-order valence-electron chi connectivity index (χ1n) is 11.0. The van der Waals surface area contributed by atoms with E-state index in [4.69, 9.17) is 9.51 Å². The first-order chi connectivity index (χ1) is 15.3. The van der Waals surface area contributed by atoms with E-state index < -0.39 is 0 Å². The summed E-state index contributed by atoms with van der Waals surface area (Å²) in [5.74, 6) is 2.78. The monoisotopic (exact) mass is 415 g/mol. The zero-order chi connectivity index (χ0) is 20.6. The predicted octanol–water partition coefficient (Wildman–Crippen LogP) is 2.88. The van der Waals surface area contributed by atoms with Gasteiger partial charge in [0.25, 0.3) is 5.89 Å². The smallest absolute Gasteiger partial charge is 0.258 e. The topological polar surface area (TPSA) is 95.8 Å². The lowest BCUT2D eigenvalue weighted by atomic mass is 10.1. The van der Waals surface area contributed by atoms with Gasteiger partial charge in [0.2, 0.25) is 0 Å². The summed E-state index contributed by atoms with van der Waals surface area (Å²) in [7, 11) is 0. The number of hydrogen-bond donors (Lipinski definition) is 2. The summed E-state index contributed by atoms with van der Waals surface area (Å²) in [5.41, 5.74) is 5.14. The lowest BCUT2D eigenvalue weighted by molar-refractivity contribution is 0.233. The molecule has 158 valence electrons. The molecule has 8 heteroatoms. The van der Waals surface area contributed by atoms with Gasteiger partial charge < -0.3 is 14.8 Å². The third kappa shape index (κ3) is 4.08. The fourth-order valence-corrected chi connectivity index (χ4v) is 4.16. The zero-order valence-electron chi connectivity index (χ0n) is 17.3. The summed E-state index contributed by atoms with van der Waals surface area (Å²) in [4.78, 5) is 19.8. The van der Waals surface area contributed by atoms with E-state index in [2.05, 4.69) is 42.5 Å². The van der Waals surface area contributed by atoms with Crippen molar-refractivity contribution in [1.82, 2.24) is 35.3 Å². The second-order valence-corrected chi connectivity index (χ2v) is 8.51. The Hall–Kier alpha value is -3.10. The van der Waals surface area contributed by atoms with Gasteiger partial charge in [-0.05, 0) is 48.7 Å². The molecule has 6 rings (SSSR count). The second kappa shape index (κ2) is 7.86. The lowest BCUT2D eigenvalue weighted by Gasteiger charge is -2.27. The van der Waals surface area contributed by atoms with Gasteiger partial charge in [-0.15, -0.1) is 0 Å². The van der Waals surface area contributed by atoms with E-state index in [0.717, 1.165) is 79.5 Å². The van der Waals surface area contributed by atoms with Gasteiger partial charge in [0.05, 0.1) is 11.0 Å². The van der Waals surface area contributed by atoms with Crippen LogP contribution in [0.2, 0.25) is 0 Å². The summed E-state index contributed by atoms with van der Waals surface area (Å²) >= 11 is 0. The van der Waals surface area contributed by atoms with E-state index in [1.807, 2.05) is 24.4 Å². The highest BCUT2D eigenvalue weighted by Gasteiger charge is 2.29. The third-order valence-electron chi connectivity index (χ3n) is 6.01. The second-order valence-electron chi connectivity index (χ2n) is 8.51. The maximum Gasteiger partial charge on any atom is 0.258 e. The number of hydrogen-bond acceptors (Lipinski definition) is 7. The number of piperazine rings is 1. The average Bonchev–Trinajstić information content (AvgIpc) is 3.38. The van der Waals surface area contributed by atoms with Crippen LogP contribution in [0.25, 0.3) is 22.5 Å². The van der Waals surface area contributed by atoms with Crippen molar-refractivity contribution in [2.75, 3.05) is 26.2 Å². The van der Waals surface area contributed by atoms with Crippen LogP contribution in [0.4, 0.5) is 0 Å². The summed E-state index contributed by atoms with van der Waals surface area (Å²) in [5, 5.41) is 7.52. The molecule has 1 aliphatic carbocycles. The highest BCUT2D eigenvalue weighted by Crippen LogP contribution is 2.39. The van der Waals surface area contributed by atoms with E-state index >= 15 is 0 Å². The maximum atomic E-state index is 5.47. The maximum absolute atomic E-state index is 5.47. The van der Waals surface area contributed by atoms with Crippen molar-refractivity contribution in [1.29, 1.82) is 0 Å². The minimum Gasteiger partial charge on any atom is -0.342 e. The Balaban J connectivity index is 1.19. The standard InChI is InChI=1S/C23H25N7O/c1-2-16(1)22-28-23(31-29-22)17-3-4-19-20(12-17)27-21(26-19)13-18-11-15(5-6-25-18)14-30-9-7-24-8-10-30/h3-6,11-12,16,24H,1-2,7-10,13-14H2,(H,26,27). The number of aromatic amines is 1. The lowest BCUT2D eigenvalue weighted by Crippen LogP contribution is -2.42. The molecule has 3 aromatic heterocycles. The van der Waals surface area contributed by atoms with Gasteiger partial charge >= 0.3 is 0 Å². The molecule has 8 nitrogen and oxygen atoms in total. The number of H-pyrrole nitrogens is 1. The van der Waals surface area contributed by atoms with Gasteiger partial charge in [-0.3, -0.25) is 9.88 Å². The van der Waals surface area contributed by atoms with Crippen LogP contribution in [-0.4, -0.2) is 56.2 Å². The van der Waals surface area contributed by atoms with E-state index in [9.17, 15) is 0 Å². The van der Waals surface area contributed by atoms with Crippen LogP contribution >= 0.6 is 0 Å². The average molecular weight is 416 g/mol. The highest BCUT2D eigenvalue weighted by molar-refractivity contribution is 5.80. The van der Waals surface area contributed by atoms with E-state index in [1.165, 1.54) is 5.56 Å². The molecule has 2 fully saturated rings. The number of benzene rings is 1. The molecule has 31 heavy (non-hydrogen) atoms. The van der Waals surface area contributed by atoms with Crippen molar-refractivity contribution in [3.05, 3.63) is 59.4 Å². The number of rotatable bonds is 6. The first-order valence-corrected chi connectivity index (χ1v) is 11.0. The molecule has 2 aliphatic rings. The number of aromatic nitrogens is 5.